The maximum atomic E-state index is 5.93. The molecule has 0 radical (unpaired) electrons. The fraction of sp³-hybridized carbons (Fsp3) is 0.375. The lowest BCUT2D eigenvalue weighted by atomic mass is 10.0. The van der Waals surface area contributed by atoms with Crippen LogP contribution in [-0.4, -0.2) is 10.9 Å². The number of aliphatic imine (C=N–C) groups is 1. The summed E-state index contributed by atoms with van der Waals surface area (Å²) in [5, 5.41) is 4.13. The normalized spacial score (nSPS) is 11.9. The maximum Gasteiger partial charge on any atom is 0.193 e. The molecule has 0 aliphatic rings. The van der Waals surface area contributed by atoms with Gasteiger partial charge in [-0.3, -0.25) is 0 Å². The van der Waals surface area contributed by atoms with Gasteiger partial charge in [-0.2, -0.15) is 0 Å². The summed E-state index contributed by atoms with van der Waals surface area (Å²) in [6, 6.07) is 8.24. The Morgan fingerprint density at radius 2 is 2.24 bits per heavy atom. The first-order valence-electron chi connectivity index (χ1n) is 7.19. The Balaban J connectivity index is 1.98. The van der Waals surface area contributed by atoms with Crippen LogP contribution in [0.3, 0.4) is 0 Å². The minimum atomic E-state index is 0.421. The van der Waals surface area contributed by atoms with Gasteiger partial charge in [-0.1, -0.05) is 32.9 Å². The molecule has 4 nitrogen and oxygen atoms in total. The quantitative estimate of drug-likeness (QED) is 0.653. The number of aryl methyl sites for hydroxylation is 1. The van der Waals surface area contributed by atoms with E-state index in [4.69, 9.17) is 5.73 Å². The van der Waals surface area contributed by atoms with E-state index in [2.05, 4.69) is 48.2 Å². The van der Waals surface area contributed by atoms with Crippen LogP contribution in [0.15, 0.2) is 35.5 Å². The first-order chi connectivity index (χ1) is 10.1. The van der Waals surface area contributed by atoms with Gasteiger partial charge in [-0.25, -0.2) is 9.98 Å². The number of rotatable bonds is 5. The maximum absolute atomic E-state index is 5.93. The number of nitrogens with two attached hydrogens (primary N) is 1. The minimum Gasteiger partial charge on any atom is -0.370 e. The predicted molar refractivity (Wildman–Crippen MR) is 91.0 cm³/mol. The van der Waals surface area contributed by atoms with Gasteiger partial charge in [0.05, 0.1) is 6.54 Å². The summed E-state index contributed by atoms with van der Waals surface area (Å²) in [4.78, 5) is 9.95. The first-order valence-corrected chi connectivity index (χ1v) is 8.00. The lowest BCUT2D eigenvalue weighted by molar-refractivity contribution is 0.867. The molecule has 1 aromatic carbocycles. The summed E-state index contributed by atoms with van der Waals surface area (Å²) in [6.45, 7) is 6.99. The third-order valence-electron chi connectivity index (χ3n) is 3.16. The molecule has 5 heteroatoms. The highest BCUT2D eigenvalue weighted by atomic mass is 32.1. The Morgan fingerprint density at radius 3 is 2.90 bits per heavy atom. The zero-order valence-corrected chi connectivity index (χ0v) is 13.6. The monoisotopic (exact) mass is 302 g/mol. The Bertz CT molecular complexity index is 616. The van der Waals surface area contributed by atoms with E-state index in [1.54, 1.807) is 11.3 Å². The predicted octanol–water partition coefficient (Wildman–Crippen LogP) is 3.76. The van der Waals surface area contributed by atoms with Crippen molar-refractivity contribution in [1.29, 1.82) is 0 Å². The van der Waals surface area contributed by atoms with E-state index < -0.39 is 0 Å². The van der Waals surface area contributed by atoms with Crippen LogP contribution >= 0.6 is 11.3 Å². The number of guanidine groups is 1. The molecule has 0 aliphatic carbocycles. The molecule has 0 amide bonds. The van der Waals surface area contributed by atoms with Crippen LogP contribution in [0, 0.1) is 0 Å². The molecule has 1 heterocycles. The number of anilines is 1. The zero-order chi connectivity index (χ0) is 15.2. The van der Waals surface area contributed by atoms with E-state index in [1.165, 1.54) is 10.4 Å². The van der Waals surface area contributed by atoms with E-state index in [9.17, 15) is 0 Å². The summed E-state index contributed by atoms with van der Waals surface area (Å²) in [5.41, 5.74) is 8.18. The molecule has 0 unspecified atom stereocenters. The largest absolute Gasteiger partial charge is 0.370 e. The van der Waals surface area contributed by atoms with E-state index in [1.807, 2.05) is 18.3 Å². The van der Waals surface area contributed by atoms with Crippen LogP contribution < -0.4 is 11.1 Å². The van der Waals surface area contributed by atoms with Crippen LogP contribution in [0.25, 0.3) is 0 Å². The third-order valence-corrected chi connectivity index (χ3v) is 4.29. The number of thiazole rings is 1. The van der Waals surface area contributed by atoms with E-state index in [0.717, 1.165) is 17.1 Å². The van der Waals surface area contributed by atoms with E-state index in [-0.39, 0.29) is 0 Å². The Hall–Kier alpha value is -1.88. The number of hydrogen-bond acceptors (Lipinski definition) is 3. The van der Waals surface area contributed by atoms with E-state index in [0.29, 0.717) is 18.4 Å². The Kier molecular flexibility index (Phi) is 5.33. The molecular formula is C16H22N4S. The smallest absolute Gasteiger partial charge is 0.193 e. The minimum absolute atomic E-state index is 0.421. The van der Waals surface area contributed by atoms with Gasteiger partial charge in [0.15, 0.2) is 5.96 Å². The van der Waals surface area contributed by atoms with Crippen molar-refractivity contribution in [2.24, 2.45) is 10.7 Å². The summed E-state index contributed by atoms with van der Waals surface area (Å²) in [7, 11) is 0. The molecular weight excluding hydrogens is 280 g/mol. The number of aromatic nitrogens is 1. The van der Waals surface area contributed by atoms with Gasteiger partial charge in [0.25, 0.3) is 0 Å². The summed E-state index contributed by atoms with van der Waals surface area (Å²) >= 11 is 1.69. The first kappa shape index (κ1) is 15.5. The van der Waals surface area contributed by atoms with Crippen LogP contribution in [0.1, 0.15) is 42.1 Å². The van der Waals surface area contributed by atoms with Gasteiger partial charge in [-0.15, -0.1) is 11.3 Å². The number of nitrogens with zero attached hydrogens (tertiary/aromatic N) is 2. The third kappa shape index (κ3) is 4.56. The van der Waals surface area contributed by atoms with Crippen molar-refractivity contribution in [2.75, 3.05) is 5.32 Å². The molecule has 0 fully saturated rings. The number of nitrogens with one attached hydrogen (secondary N) is 1. The molecule has 1 aromatic heterocycles. The van der Waals surface area contributed by atoms with Gasteiger partial charge in [0, 0.05) is 16.8 Å². The average Bonchev–Trinajstić information content (AvgIpc) is 2.93. The second kappa shape index (κ2) is 7.22. The fourth-order valence-corrected chi connectivity index (χ4v) is 2.69. The lowest BCUT2D eigenvalue weighted by Crippen LogP contribution is -2.22. The molecule has 112 valence electrons. The van der Waals surface area contributed by atoms with Crippen molar-refractivity contribution in [1.82, 2.24) is 4.98 Å². The Labute approximate surface area is 130 Å². The number of benzene rings is 1. The van der Waals surface area contributed by atoms with Crippen molar-refractivity contribution < 1.29 is 0 Å². The number of hydrogen-bond donors (Lipinski definition) is 2. The molecule has 2 rings (SSSR count). The standard InChI is InChI=1S/C16H22N4S/c1-4-14-9-18-15(21-14)10-19-16(17)20-13-7-5-6-12(8-13)11(2)3/h5-9,11H,4,10H2,1-3H3,(H3,17,19,20). The van der Waals surface area contributed by atoms with Crippen LogP contribution in [-0.2, 0) is 13.0 Å². The molecule has 2 aromatic rings. The van der Waals surface area contributed by atoms with Crippen molar-refractivity contribution in [2.45, 2.75) is 39.7 Å². The highest BCUT2D eigenvalue weighted by Crippen LogP contribution is 2.18. The summed E-state index contributed by atoms with van der Waals surface area (Å²) in [6.07, 6.45) is 2.92. The highest BCUT2D eigenvalue weighted by Gasteiger charge is 2.02. The Morgan fingerprint density at radius 1 is 1.43 bits per heavy atom. The fourth-order valence-electron chi connectivity index (χ4n) is 1.90. The summed E-state index contributed by atoms with van der Waals surface area (Å²) in [5.74, 6) is 0.914. The average molecular weight is 302 g/mol. The van der Waals surface area contributed by atoms with Gasteiger partial charge in [0.1, 0.15) is 5.01 Å². The summed E-state index contributed by atoms with van der Waals surface area (Å²) < 4.78 is 0. The van der Waals surface area contributed by atoms with Gasteiger partial charge >= 0.3 is 0 Å². The van der Waals surface area contributed by atoms with Crippen molar-refractivity contribution in [3.05, 3.63) is 45.9 Å². The molecule has 0 saturated heterocycles. The van der Waals surface area contributed by atoms with Crippen molar-refractivity contribution in [3.63, 3.8) is 0 Å². The van der Waals surface area contributed by atoms with Gasteiger partial charge in [0.2, 0.25) is 0 Å². The van der Waals surface area contributed by atoms with Crippen LogP contribution in [0.2, 0.25) is 0 Å². The SMILES string of the molecule is CCc1cnc(CN=C(N)Nc2cccc(C(C)C)c2)s1. The highest BCUT2D eigenvalue weighted by molar-refractivity contribution is 7.11. The topological polar surface area (TPSA) is 63.3 Å². The van der Waals surface area contributed by atoms with Crippen molar-refractivity contribution >= 4 is 23.0 Å². The van der Waals surface area contributed by atoms with Crippen LogP contribution in [0.4, 0.5) is 5.69 Å². The van der Waals surface area contributed by atoms with Gasteiger partial charge < -0.3 is 11.1 Å². The second-order valence-electron chi connectivity index (χ2n) is 5.18. The van der Waals surface area contributed by atoms with E-state index >= 15 is 0 Å². The molecule has 0 atom stereocenters. The molecule has 3 N–H and O–H groups in total. The molecule has 0 saturated carbocycles. The molecule has 21 heavy (non-hydrogen) atoms. The molecule has 0 bridgehead atoms. The zero-order valence-electron chi connectivity index (χ0n) is 12.8. The molecule has 0 aliphatic heterocycles. The van der Waals surface area contributed by atoms with Crippen LogP contribution in [0.5, 0.6) is 0 Å². The molecule has 0 spiro atoms. The lowest BCUT2D eigenvalue weighted by Gasteiger charge is -2.09. The second-order valence-corrected chi connectivity index (χ2v) is 6.38. The van der Waals surface area contributed by atoms with Gasteiger partial charge in [-0.05, 0) is 30.0 Å². The van der Waals surface area contributed by atoms with Crippen molar-refractivity contribution in [3.8, 4) is 0 Å².